The SMILES string of the molecule is O=C(O)[C@@H](O)[C@@H](Oc1ccc2c(=O)c(-c3ccc(O)cc3)coc2c1)C(=O)O. The van der Waals surface area contributed by atoms with Crippen LogP contribution in [0.1, 0.15) is 0 Å². The molecule has 0 fully saturated rings. The minimum Gasteiger partial charge on any atom is -0.508 e. The Morgan fingerprint density at radius 3 is 2.29 bits per heavy atom. The first-order valence-electron chi connectivity index (χ1n) is 7.93. The number of aliphatic hydroxyl groups is 1. The molecule has 3 aromatic rings. The van der Waals surface area contributed by atoms with Crippen LogP contribution in [-0.4, -0.2) is 44.6 Å². The number of hydrogen-bond donors (Lipinski definition) is 4. The first-order valence-corrected chi connectivity index (χ1v) is 7.93. The van der Waals surface area contributed by atoms with Gasteiger partial charge in [0.1, 0.15) is 23.3 Å². The molecule has 0 aliphatic heterocycles. The number of hydrogen-bond acceptors (Lipinski definition) is 7. The van der Waals surface area contributed by atoms with Gasteiger partial charge in [0.05, 0.1) is 10.9 Å². The zero-order chi connectivity index (χ0) is 20.4. The topological polar surface area (TPSA) is 154 Å². The molecule has 0 radical (unpaired) electrons. The number of carboxylic acid groups (broad SMARTS) is 2. The molecule has 28 heavy (non-hydrogen) atoms. The summed E-state index contributed by atoms with van der Waals surface area (Å²) < 4.78 is 10.5. The fourth-order valence-electron chi connectivity index (χ4n) is 2.55. The Balaban J connectivity index is 1.98. The molecule has 9 heteroatoms. The van der Waals surface area contributed by atoms with Crippen LogP contribution in [0.4, 0.5) is 0 Å². The van der Waals surface area contributed by atoms with Gasteiger partial charge in [-0.1, -0.05) is 12.1 Å². The number of phenolic OH excluding ortho intramolecular Hbond substituents is 1. The van der Waals surface area contributed by atoms with E-state index in [1.807, 2.05) is 0 Å². The van der Waals surface area contributed by atoms with Crippen molar-refractivity contribution >= 4 is 22.9 Å². The average molecular weight is 386 g/mol. The molecule has 4 N–H and O–H groups in total. The van der Waals surface area contributed by atoms with Crippen LogP contribution in [0.25, 0.3) is 22.1 Å². The third-order valence-corrected chi connectivity index (χ3v) is 3.97. The van der Waals surface area contributed by atoms with Gasteiger partial charge in [0, 0.05) is 6.07 Å². The van der Waals surface area contributed by atoms with Crippen LogP contribution < -0.4 is 10.2 Å². The Bertz CT molecular complexity index is 1100. The van der Waals surface area contributed by atoms with E-state index in [2.05, 4.69) is 0 Å². The standard InChI is InChI=1S/C19H14O9/c20-10-3-1-9(2-4-10)13-8-27-14-7-11(5-6-12(14)15(13)21)28-17(19(25)26)16(22)18(23)24/h1-8,16-17,20,22H,(H,23,24)(H,25,26)/t16-,17+/m0/s1. The van der Waals surface area contributed by atoms with Gasteiger partial charge >= 0.3 is 11.9 Å². The fourth-order valence-corrected chi connectivity index (χ4v) is 2.55. The number of carboxylic acids is 2. The van der Waals surface area contributed by atoms with Gasteiger partial charge in [-0.2, -0.15) is 0 Å². The monoisotopic (exact) mass is 386 g/mol. The van der Waals surface area contributed by atoms with Gasteiger partial charge in [-0.3, -0.25) is 4.79 Å². The Morgan fingerprint density at radius 1 is 1.00 bits per heavy atom. The molecule has 1 aromatic heterocycles. The fraction of sp³-hybridized carbons (Fsp3) is 0.105. The summed E-state index contributed by atoms with van der Waals surface area (Å²) in [6.07, 6.45) is -3.11. The molecule has 0 spiro atoms. The van der Waals surface area contributed by atoms with Crippen molar-refractivity contribution in [2.75, 3.05) is 0 Å². The minimum atomic E-state index is -2.28. The number of fused-ring (bicyclic) bond motifs is 1. The van der Waals surface area contributed by atoms with Gasteiger partial charge in [-0.05, 0) is 29.8 Å². The Labute approximate surface area is 156 Å². The van der Waals surface area contributed by atoms with E-state index in [9.17, 15) is 24.6 Å². The highest BCUT2D eigenvalue weighted by Crippen LogP contribution is 2.25. The van der Waals surface area contributed by atoms with E-state index in [4.69, 9.17) is 19.4 Å². The van der Waals surface area contributed by atoms with E-state index >= 15 is 0 Å². The number of rotatable bonds is 6. The van der Waals surface area contributed by atoms with Crippen molar-refractivity contribution in [3.05, 3.63) is 59.0 Å². The Hall–Kier alpha value is -3.85. The first-order chi connectivity index (χ1) is 13.3. The molecule has 1 heterocycles. The van der Waals surface area contributed by atoms with Gasteiger partial charge in [-0.15, -0.1) is 0 Å². The summed E-state index contributed by atoms with van der Waals surface area (Å²) in [6, 6.07) is 9.79. The molecule has 144 valence electrons. The van der Waals surface area contributed by atoms with Crippen molar-refractivity contribution in [1.29, 1.82) is 0 Å². The van der Waals surface area contributed by atoms with Gasteiger partial charge in [-0.25, -0.2) is 9.59 Å². The minimum absolute atomic E-state index is 0.0484. The van der Waals surface area contributed by atoms with Crippen molar-refractivity contribution in [2.24, 2.45) is 0 Å². The van der Waals surface area contributed by atoms with Gasteiger partial charge in [0.2, 0.25) is 6.10 Å². The number of phenols is 1. The second-order valence-corrected chi connectivity index (χ2v) is 5.84. The van der Waals surface area contributed by atoms with Crippen LogP contribution in [0.2, 0.25) is 0 Å². The van der Waals surface area contributed by atoms with Crippen LogP contribution in [-0.2, 0) is 9.59 Å². The summed E-state index contributed by atoms with van der Waals surface area (Å²) in [4.78, 5) is 34.6. The predicted molar refractivity (Wildman–Crippen MR) is 95.3 cm³/mol. The molecule has 9 nitrogen and oxygen atoms in total. The number of benzene rings is 2. The lowest BCUT2D eigenvalue weighted by molar-refractivity contribution is -0.163. The van der Waals surface area contributed by atoms with E-state index in [0.717, 1.165) is 0 Å². The predicted octanol–water partition coefficient (Wildman–Crippen LogP) is 1.44. The number of ether oxygens (including phenoxy) is 1. The summed E-state index contributed by atoms with van der Waals surface area (Å²) in [5, 5.41) is 36.8. The molecule has 0 bridgehead atoms. The van der Waals surface area contributed by atoms with E-state index in [-0.39, 0.29) is 33.5 Å². The van der Waals surface area contributed by atoms with Crippen LogP contribution in [0, 0.1) is 0 Å². The number of aliphatic hydroxyl groups excluding tert-OH is 1. The molecule has 0 saturated heterocycles. The molecule has 3 rings (SSSR count). The van der Waals surface area contributed by atoms with E-state index in [1.54, 1.807) is 12.1 Å². The summed E-state index contributed by atoms with van der Waals surface area (Å²) in [6.45, 7) is 0. The van der Waals surface area contributed by atoms with E-state index < -0.39 is 24.1 Å². The van der Waals surface area contributed by atoms with E-state index in [0.29, 0.717) is 5.56 Å². The van der Waals surface area contributed by atoms with Gasteiger partial charge in [0.25, 0.3) is 0 Å². The molecule has 0 saturated carbocycles. The second-order valence-electron chi connectivity index (χ2n) is 5.84. The summed E-state index contributed by atoms with van der Waals surface area (Å²) in [5.74, 6) is -3.47. The van der Waals surface area contributed by atoms with E-state index in [1.165, 1.54) is 36.6 Å². The number of aromatic hydroxyl groups is 1. The van der Waals surface area contributed by atoms with Crippen molar-refractivity contribution < 1.29 is 39.2 Å². The molecule has 0 amide bonds. The quantitative estimate of drug-likeness (QED) is 0.492. The lowest BCUT2D eigenvalue weighted by Crippen LogP contribution is -2.43. The molecular formula is C19H14O9. The molecule has 0 unspecified atom stereocenters. The van der Waals surface area contributed by atoms with Gasteiger partial charge in [0.15, 0.2) is 11.5 Å². The largest absolute Gasteiger partial charge is 0.508 e. The Morgan fingerprint density at radius 2 is 1.68 bits per heavy atom. The highest BCUT2D eigenvalue weighted by Gasteiger charge is 2.34. The molecule has 2 aromatic carbocycles. The summed E-state index contributed by atoms with van der Waals surface area (Å²) in [5.41, 5.74) is 0.507. The van der Waals surface area contributed by atoms with Crippen LogP contribution in [0.5, 0.6) is 11.5 Å². The first kappa shape index (κ1) is 18.9. The van der Waals surface area contributed by atoms with Crippen LogP contribution in [0.3, 0.4) is 0 Å². The van der Waals surface area contributed by atoms with Crippen molar-refractivity contribution in [1.82, 2.24) is 0 Å². The maximum absolute atomic E-state index is 12.7. The maximum Gasteiger partial charge on any atom is 0.348 e. The highest BCUT2D eigenvalue weighted by molar-refractivity contribution is 5.85. The Kier molecular flexibility index (Phi) is 5.01. The lowest BCUT2D eigenvalue weighted by Gasteiger charge is -2.17. The normalized spacial score (nSPS) is 13.0. The lowest BCUT2D eigenvalue weighted by atomic mass is 10.1. The van der Waals surface area contributed by atoms with Crippen molar-refractivity contribution in [3.8, 4) is 22.6 Å². The third-order valence-electron chi connectivity index (χ3n) is 3.97. The highest BCUT2D eigenvalue weighted by atomic mass is 16.5. The van der Waals surface area contributed by atoms with Crippen LogP contribution in [0.15, 0.2) is 57.9 Å². The summed E-state index contributed by atoms with van der Waals surface area (Å²) in [7, 11) is 0. The maximum atomic E-state index is 12.7. The molecule has 0 aliphatic rings. The average Bonchev–Trinajstić information content (AvgIpc) is 2.66. The number of carbonyl (C=O) groups is 2. The smallest absolute Gasteiger partial charge is 0.348 e. The molecule has 2 atom stereocenters. The summed E-state index contributed by atoms with van der Waals surface area (Å²) >= 11 is 0. The zero-order valence-electron chi connectivity index (χ0n) is 14.1. The zero-order valence-corrected chi connectivity index (χ0v) is 14.1. The third kappa shape index (κ3) is 3.64. The van der Waals surface area contributed by atoms with Crippen LogP contribution >= 0.6 is 0 Å². The second kappa shape index (κ2) is 7.41. The number of aliphatic carboxylic acids is 2. The van der Waals surface area contributed by atoms with Crippen molar-refractivity contribution in [2.45, 2.75) is 12.2 Å². The van der Waals surface area contributed by atoms with Gasteiger partial charge < -0.3 is 29.6 Å². The molecule has 0 aliphatic carbocycles. The van der Waals surface area contributed by atoms with Crippen molar-refractivity contribution in [3.63, 3.8) is 0 Å². The molecular weight excluding hydrogens is 372 g/mol.